The number of amides is 1. The number of piperidine rings is 1. The Morgan fingerprint density at radius 3 is 3.17 bits per heavy atom. The number of carbonyl (C=O) groups is 1. The van der Waals surface area contributed by atoms with Crippen molar-refractivity contribution in [2.24, 2.45) is 0 Å². The Morgan fingerprint density at radius 1 is 1.57 bits per heavy atom. The lowest BCUT2D eigenvalue weighted by molar-refractivity contribution is -0.123. The molecule has 1 aliphatic rings. The molecule has 2 rings (SSSR count). The van der Waals surface area contributed by atoms with Crippen LogP contribution in [-0.4, -0.2) is 61.5 Å². The van der Waals surface area contributed by atoms with Gasteiger partial charge in [0.05, 0.1) is 6.04 Å². The van der Waals surface area contributed by atoms with Crippen LogP contribution in [0, 0.1) is 0 Å². The summed E-state index contributed by atoms with van der Waals surface area (Å²) in [4.78, 5) is 14.3. The van der Waals surface area contributed by atoms with E-state index in [-0.39, 0.29) is 18.0 Å². The number of hydrogen-bond donors (Lipinski definition) is 2. The first-order valence-electron chi connectivity index (χ1n) is 8.26. The molecule has 0 saturated carbocycles. The van der Waals surface area contributed by atoms with Gasteiger partial charge in [0.25, 0.3) is 0 Å². The first-order chi connectivity index (χ1) is 11.2. The fourth-order valence-corrected chi connectivity index (χ4v) is 2.79. The maximum atomic E-state index is 12.1. The van der Waals surface area contributed by atoms with Crippen molar-refractivity contribution in [3.05, 3.63) is 18.3 Å². The van der Waals surface area contributed by atoms with Crippen molar-refractivity contribution in [2.45, 2.75) is 38.3 Å². The Morgan fingerprint density at radius 2 is 2.43 bits per heavy atom. The molecule has 1 amide bonds. The van der Waals surface area contributed by atoms with Crippen LogP contribution in [0.3, 0.4) is 0 Å². The third-order valence-electron chi connectivity index (χ3n) is 4.01. The molecule has 0 unspecified atom stereocenters. The van der Waals surface area contributed by atoms with Crippen molar-refractivity contribution in [2.75, 3.05) is 38.3 Å². The van der Waals surface area contributed by atoms with E-state index < -0.39 is 0 Å². The summed E-state index contributed by atoms with van der Waals surface area (Å²) < 4.78 is 4.98. The van der Waals surface area contributed by atoms with Crippen LogP contribution in [0.25, 0.3) is 0 Å². The van der Waals surface area contributed by atoms with E-state index in [4.69, 9.17) is 4.74 Å². The number of methoxy groups -OCH3 is 1. The first-order valence-corrected chi connectivity index (χ1v) is 8.26. The molecule has 0 aromatic carbocycles. The van der Waals surface area contributed by atoms with Gasteiger partial charge >= 0.3 is 0 Å². The molecular formula is C16H27N5O2. The van der Waals surface area contributed by atoms with Gasteiger partial charge in [-0.1, -0.05) is 0 Å². The summed E-state index contributed by atoms with van der Waals surface area (Å²) in [5.74, 6) is 0.938. The second-order valence-electron chi connectivity index (χ2n) is 5.89. The number of ether oxygens (including phenoxy) is 1. The van der Waals surface area contributed by atoms with E-state index in [2.05, 4.69) is 25.7 Å². The summed E-state index contributed by atoms with van der Waals surface area (Å²) in [7, 11) is 1.66. The van der Waals surface area contributed by atoms with E-state index >= 15 is 0 Å². The number of nitrogens with one attached hydrogen (secondary N) is 2. The SMILES string of the molecule is COCCCNC(=O)[C@@H](C)N[C@H]1CCCN(c2cccnn2)C1. The van der Waals surface area contributed by atoms with E-state index in [0.29, 0.717) is 13.2 Å². The largest absolute Gasteiger partial charge is 0.385 e. The summed E-state index contributed by atoms with van der Waals surface area (Å²) in [5, 5.41) is 14.5. The van der Waals surface area contributed by atoms with E-state index in [9.17, 15) is 4.79 Å². The van der Waals surface area contributed by atoms with E-state index in [1.807, 2.05) is 19.1 Å². The van der Waals surface area contributed by atoms with Gasteiger partial charge < -0.3 is 20.3 Å². The molecule has 1 aliphatic heterocycles. The van der Waals surface area contributed by atoms with Crippen molar-refractivity contribution in [1.82, 2.24) is 20.8 Å². The van der Waals surface area contributed by atoms with Gasteiger partial charge in [0.2, 0.25) is 5.91 Å². The minimum absolute atomic E-state index is 0.0396. The van der Waals surface area contributed by atoms with E-state index in [0.717, 1.165) is 38.2 Å². The molecule has 2 atom stereocenters. The Labute approximate surface area is 137 Å². The third-order valence-corrected chi connectivity index (χ3v) is 4.01. The molecule has 1 fully saturated rings. The minimum atomic E-state index is -0.204. The molecule has 1 aromatic rings. The monoisotopic (exact) mass is 321 g/mol. The number of carbonyl (C=O) groups excluding carboxylic acids is 1. The normalized spacial score (nSPS) is 19.4. The number of rotatable bonds is 8. The maximum Gasteiger partial charge on any atom is 0.236 e. The number of nitrogens with zero attached hydrogens (tertiary/aromatic N) is 3. The molecule has 1 saturated heterocycles. The summed E-state index contributed by atoms with van der Waals surface area (Å²) in [5.41, 5.74) is 0. The quantitative estimate of drug-likeness (QED) is 0.682. The van der Waals surface area contributed by atoms with Crippen molar-refractivity contribution < 1.29 is 9.53 Å². The molecule has 2 heterocycles. The van der Waals surface area contributed by atoms with Gasteiger partial charge in [0, 0.05) is 45.6 Å². The Balaban J connectivity index is 1.77. The summed E-state index contributed by atoms with van der Waals surface area (Å²) in [6.45, 7) is 5.05. The Hall–Kier alpha value is -1.73. The smallest absolute Gasteiger partial charge is 0.236 e. The lowest BCUT2D eigenvalue weighted by Gasteiger charge is -2.35. The number of hydrogen-bond acceptors (Lipinski definition) is 6. The molecule has 0 radical (unpaired) electrons. The van der Waals surface area contributed by atoms with E-state index in [1.165, 1.54) is 0 Å². The average Bonchev–Trinajstić information content (AvgIpc) is 2.59. The molecule has 0 bridgehead atoms. The second-order valence-corrected chi connectivity index (χ2v) is 5.89. The van der Waals surface area contributed by atoms with Crippen LogP contribution in [0.4, 0.5) is 5.82 Å². The zero-order valence-electron chi connectivity index (χ0n) is 14.0. The topological polar surface area (TPSA) is 79.4 Å². The predicted molar refractivity (Wildman–Crippen MR) is 89.4 cm³/mol. The number of anilines is 1. The molecule has 23 heavy (non-hydrogen) atoms. The zero-order valence-corrected chi connectivity index (χ0v) is 14.0. The van der Waals surface area contributed by atoms with Gasteiger partial charge in [-0.05, 0) is 38.3 Å². The molecule has 7 heteroatoms. The van der Waals surface area contributed by atoms with Crippen molar-refractivity contribution in [1.29, 1.82) is 0 Å². The van der Waals surface area contributed by atoms with Gasteiger partial charge in [0.15, 0.2) is 5.82 Å². The van der Waals surface area contributed by atoms with Crippen molar-refractivity contribution in [3.63, 3.8) is 0 Å². The highest BCUT2D eigenvalue weighted by molar-refractivity contribution is 5.81. The lowest BCUT2D eigenvalue weighted by Crippen LogP contribution is -2.53. The summed E-state index contributed by atoms with van der Waals surface area (Å²) >= 11 is 0. The van der Waals surface area contributed by atoms with Gasteiger partial charge in [-0.3, -0.25) is 4.79 Å². The van der Waals surface area contributed by atoms with Crippen LogP contribution < -0.4 is 15.5 Å². The maximum absolute atomic E-state index is 12.1. The van der Waals surface area contributed by atoms with Gasteiger partial charge in [-0.15, -0.1) is 5.10 Å². The minimum Gasteiger partial charge on any atom is -0.385 e. The van der Waals surface area contributed by atoms with Crippen LogP contribution in [0.15, 0.2) is 18.3 Å². The number of aromatic nitrogens is 2. The lowest BCUT2D eigenvalue weighted by atomic mass is 10.0. The van der Waals surface area contributed by atoms with E-state index in [1.54, 1.807) is 13.3 Å². The van der Waals surface area contributed by atoms with Crippen LogP contribution in [0.5, 0.6) is 0 Å². The average molecular weight is 321 g/mol. The third kappa shape index (κ3) is 5.76. The van der Waals surface area contributed by atoms with Gasteiger partial charge in [-0.2, -0.15) is 5.10 Å². The van der Waals surface area contributed by atoms with Crippen LogP contribution in [0.2, 0.25) is 0 Å². The standard InChI is InChI=1S/C16H27N5O2/c1-13(16(22)17-8-5-11-23-2)19-14-6-4-10-21(12-14)15-7-3-9-18-20-15/h3,7,9,13-14,19H,4-6,8,10-12H2,1-2H3,(H,17,22)/t13-,14+/m1/s1. The fourth-order valence-electron chi connectivity index (χ4n) is 2.79. The highest BCUT2D eigenvalue weighted by Gasteiger charge is 2.24. The molecular weight excluding hydrogens is 294 g/mol. The summed E-state index contributed by atoms with van der Waals surface area (Å²) in [6, 6.07) is 3.95. The molecule has 7 nitrogen and oxygen atoms in total. The van der Waals surface area contributed by atoms with Crippen molar-refractivity contribution >= 4 is 11.7 Å². The zero-order chi connectivity index (χ0) is 16.5. The van der Waals surface area contributed by atoms with Crippen LogP contribution >= 0.6 is 0 Å². The Kier molecular flexibility index (Phi) is 7.22. The Bertz CT molecular complexity index is 471. The predicted octanol–water partition coefficient (Wildman–Crippen LogP) is 0.576. The summed E-state index contributed by atoms with van der Waals surface area (Å²) in [6.07, 6.45) is 4.66. The van der Waals surface area contributed by atoms with Crippen LogP contribution in [0.1, 0.15) is 26.2 Å². The molecule has 1 aromatic heterocycles. The fraction of sp³-hybridized carbons (Fsp3) is 0.688. The molecule has 0 aliphatic carbocycles. The first kappa shape index (κ1) is 17.6. The highest BCUT2D eigenvalue weighted by Crippen LogP contribution is 2.16. The second kappa shape index (κ2) is 9.42. The molecule has 0 spiro atoms. The van der Waals surface area contributed by atoms with Crippen LogP contribution in [-0.2, 0) is 9.53 Å². The molecule has 128 valence electrons. The molecule has 2 N–H and O–H groups in total. The van der Waals surface area contributed by atoms with Crippen molar-refractivity contribution in [3.8, 4) is 0 Å². The van der Waals surface area contributed by atoms with Gasteiger partial charge in [0.1, 0.15) is 0 Å². The van der Waals surface area contributed by atoms with Gasteiger partial charge in [-0.25, -0.2) is 0 Å². The highest BCUT2D eigenvalue weighted by atomic mass is 16.5.